The van der Waals surface area contributed by atoms with Gasteiger partial charge in [-0.2, -0.15) is 0 Å². The van der Waals surface area contributed by atoms with E-state index in [2.05, 4.69) is 5.32 Å². The average Bonchev–Trinajstić information content (AvgIpc) is 3.03. The predicted octanol–water partition coefficient (Wildman–Crippen LogP) is 1.56. The fourth-order valence-electron chi connectivity index (χ4n) is 2.72. The Hall–Kier alpha value is -2.28. The standard InChI is InChI=1S/C14H11F2NO4/c15-6-1-2-7(16)8(5-6)17-13(18)11-9-3-4-10(21-9)12(11)14(19)20/h1-5,9-12H,(H,17,18)(H,19,20). The number of carboxylic acids is 1. The molecule has 2 heterocycles. The third kappa shape index (κ3) is 2.29. The summed E-state index contributed by atoms with van der Waals surface area (Å²) < 4.78 is 32.0. The Morgan fingerprint density at radius 3 is 2.48 bits per heavy atom. The number of carbonyl (C=O) groups is 2. The van der Waals surface area contributed by atoms with Crippen molar-refractivity contribution in [3.63, 3.8) is 0 Å². The highest BCUT2D eigenvalue weighted by atomic mass is 19.1. The molecule has 1 saturated heterocycles. The summed E-state index contributed by atoms with van der Waals surface area (Å²) in [6, 6.07) is 2.65. The van der Waals surface area contributed by atoms with E-state index < -0.39 is 47.6 Å². The molecule has 0 aromatic heterocycles. The lowest BCUT2D eigenvalue weighted by atomic mass is 9.82. The molecular weight excluding hydrogens is 284 g/mol. The van der Waals surface area contributed by atoms with Crippen LogP contribution in [0.1, 0.15) is 0 Å². The zero-order valence-electron chi connectivity index (χ0n) is 10.6. The third-order valence-electron chi connectivity index (χ3n) is 3.67. The number of hydrogen-bond acceptors (Lipinski definition) is 3. The molecule has 7 heteroatoms. The Balaban J connectivity index is 1.83. The number of anilines is 1. The molecule has 1 aromatic carbocycles. The largest absolute Gasteiger partial charge is 0.481 e. The minimum atomic E-state index is -1.16. The van der Waals surface area contributed by atoms with Crippen LogP contribution >= 0.6 is 0 Å². The molecule has 1 fully saturated rings. The maximum absolute atomic E-state index is 13.5. The predicted molar refractivity (Wildman–Crippen MR) is 67.4 cm³/mol. The van der Waals surface area contributed by atoms with Crippen LogP contribution in [-0.2, 0) is 14.3 Å². The highest BCUT2D eigenvalue weighted by Crippen LogP contribution is 2.40. The Morgan fingerprint density at radius 2 is 1.81 bits per heavy atom. The smallest absolute Gasteiger partial charge is 0.310 e. The first kappa shape index (κ1) is 13.7. The molecule has 0 aliphatic carbocycles. The quantitative estimate of drug-likeness (QED) is 0.830. The normalized spacial score (nSPS) is 29.6. The van der Waals surface area contributed by atoms with E-state index in [1.54, 1.807) is 12.2 Å². The second kappa shape index (κ2) is 4.92. The minimum absolute atomic E-state index is 0.323. The van der Waals surface area contributed by atoms with Gasteiger partial charge >= 0.3 is 5.97 Å². The molecule has 3 rings (SSSR count). The number of halogens is 2. The van der Waals surface area contributed by atoms with E-state index in [-0.39, 0.29) is 5.69 Å². The number of carbonyl (C=O) groups excluding carboxylic acids is 1. The molecule has 110 valence electrons. The Bertz CT molecular complexity index is 646. The van der Waals surface area contributed by atoms with E-state index in [1.807, 2.05) is 0 Å². The molecule has 1 amide bonds. The van der Waals surface area contributed by atoms with Crippen molar-refractivity contribution in [2.45, 2.75) is 12.2 Å². The van der Waals surface area contributed by atoms with Crippen LogP contribution in [0.4, 0.5) is 14.5 Å². The van der Waals surface area contributed by atoms with Crippen LogP contribution in [0.3, 0.4) is 0 Å². The van der Waals surface area contributed by atoms with Crippen molar-refractivity contribution in [3.05, 3.63) is 42.0 Å². The van der Waals surface area contributed by atoms with Gasteiger partial charge in [0.2, 0.25) is 5.91 Å². The van der Waals surface area contributed by atoms with Crippen LogP contribution in [0.2, 0.25) is 0 Å². The lowest BCUT2D eigenvalue weighted by Gasteiger charge is -2.21. The number of hydrogen-bond donors (Lipinski definition) is 2. The summed E-state index contributed by atoms with van der Waals surface area (Å²) in [7, 11) is 0. The van der Waals surface area contributed by atoms with Crippen molar-refractivity contribution in [2.75, 3.05) is 5.32 Å². The maximum atomic E-state index is 13.5. The van der Waals surface area contributed by atoms with Gasteiger partial charge in [0.25, 0.3) is 0 Å². The molecular formula is C14H11F2NO4. The van der Waals surface area contributed by atoms with E-state index >= 15 is 0 Å². The van der Waals surface area contributed by atoms with Gasteiger partial charge in [-0.25, -0.2) is 8.78 Å². The molecule has 2 bridgehead atoms. The molecule has 5 nitrogen and oxygen atoms in total. The molecule has 0 spiro atoms. The van der Waals surface area contributed by atoms with Gasteiger partial charge in [-0.15, -0.1) is 0 Å². The maximum Gasteiger partial charge on any atom is 0.310 e. The average molecular weight is 295 g/mol. The summed E-state index contributed by atoms with van der Waals surface area (Å²) in [5, 5.41) is 11.4. The zero-order valence-corrected chi connectivity index (χ0v) is 10.6. The van der Waals surface area contributed by atoms with Crippen LogP contribution in [0, 0.1) is 23.5 Å². The Labute approximate surface area is 118 Å². The van der Waals surface area contributed by atoms with Gasteiger partial charge in [-0.05, 0) is 12.1 Å². The first-order chi connectivity index (χ1) is 9.97. The number of fused-ring (bicyclic) bond motifs is 2. The number of rotatable bonds is 3. The fraction of sp³-hybridized carbons (Fsp3) is 0.286. The van der Waals surface area contributed by atoms with Gasteiger partial charge in [0.15, 0.2) is 0 Å². The van der Waals surface area contributed by atoms with Gasteiger partial charge in [-0.3, -0.25) is 9.59 Å². The first-order valence-corrected chi connectivity index (χ1v) is 6.30. The van der Waals surface area contributed by atoms with Gasteiger partial charge in [0.05, 0.1) is 23.8 Å². The number of ether oxygens (including phenoxy) is 1. The van der Waals surface area contributed by atoms with E-state index in [1.165, 1.54) is 0 Å². The van der Waals surface area contributed by atoms with Crippen LogP contribution in [0.15, 0.2) is 30.4 Å². The molecule has 4 unspecified atom stereocenters. The molecule has 2 aliphatic heterocycles. The molecule has 4 atom stereocenters. The van der Waals surface area contributed by atoms with Gasteiger partial charge in [0.1, 0.15) is 17.6 Å². The summed E-state index contributed by atoms with van der Waals surface area (Å²) in [4.78, 5) is 23.5. The van der Waals surface area contributed by atoms with Crippen LogP contribution in [0.5, 0.6) is 0 Å². The van der Waals surface area contributed by atoms with E-state index in [4.69, 9.17) is 4.74 Å². The zero-order chi connectivity index (χ0) is 15.1. The summed E-state index contributed by atoms with van der Waals surface area (Å²) >= 11 is 0. The van der Waals surface area contributed by atoms with Crippen LogP contribution in [-0.4, -0.2) is 29.2 Å². The van der Waals surface area contributed by atoms with E-state index in [9.17, 15) is 23.5 Å². The van der Waals surface area contributed by atoms with Gasteiger partial charge in [-0.1, -0.05) is 12.2 Å². The lowest BCUT2D eigenvalue weighted by Crippen LogP contribution is -2.39. The summed E-state index contributed by atoms with van der Waals surface area (Å²) in [6.45, 7) is 0. The van der Waals surface area contributed by atoms with Crippen molar-refractivity contribution in [1.82, 2.24) is 0 Å². The second-order valence-corrected chi connectivity index (χ2v) is 4.95. The van der Waals surface area contributed by atoms with Gasteiger partial charge < -0.3 is 15.2 Å². The number of aliphatic carboxylic acids is 1. The van der Waals surface area contributed by atoms with Crippen molar-refractivity contribution >= 4 is 17.6 Å². The lowest BCUT2D eigenvalue weighted by molar-refractivity contribution is -0.145. The van der Waals surface area contributed by atoms with Crippen LogP contribution < -0.4 is 5.32 Å². The van der Waals surface area contributed by atoms with Crippen molar-refractivity contribution in [3.8, 4) is 0 Å². The van der Waals surface area contributed by atoms with Crippen molar-refractivity contribution in [2.24, 2.45) is 11.8 Å². The highest BCUT2D eigenvalue weighted by molar-refractivity contribution is 5.96. The monoisotopic (exact) mass is 295 g/mol. The van der Waals surface area contributed by atoms with Crippen molar-refractivity contribution < 1.29 is 28.2 Å². The molecule has 21 heavy (non-hydrogen) atoms. The SMILES string of the molecule is O=C(O)C1C2C=CC(O2)C1C(=O)Nc1cc(F)ccc1F. The first-order valence-electron chi connectivity index (χ1n) is 6.30. The minimum Gasteiger partial charge on any atom is -0.481 e. The fourth-order valence-corrected chi connectivity index (χ4v) is 2.72. The molecule has 0 saturated carbocycles. The van der Waals surface area contributed by atoms with E-state index in [0.29, 0.717) is 0 Å². The summed E-state index contributed by atoms with van der Waals surface area (Å²) in [5.74, 6) is -5.37. The Morgan fingerprint density at radius 1 is 1.14 bits per heavy atom. The topological polar surface area (TPSA) is 75.6 Å². The molecule has 2 aliphatic rings. The third-order valence-corrected chi connectivity index (χ3v) is 3.67. The van der Waals surface area contributed by atoms with Crippen molar-refractivity contribution in [1.29, 1.82) is 0 Å². The summed E-state index contributed by atoms with van der Waals surface area (Å²) in [5.41, 5.74) is -0.323. The number of carboxylic acid groups (broad SMARTS) is 1. The number of amides is 1. The van der Waals surface area contributed by atoms with Gasteiger partial charge in [0, 0.05) is 6.07 Å². The highest BCUT2D eigenvalue weighted by Gasteiger charge is 2.53. The molecule has 1 aromatic rings. The summed E-state index contributed by atoms with van der Waals surface area (Å²) in [6.07, 6.45) is 1.88. The molecule has 2 N–H and O–H groups in total. The number of benzene rings is 1. The second-order valence-electron chi connectivity index (χ2n) is 4.95. The Kier molecular flexibility index (Phi) is 3.21. The number of nitrogens with one attached hydrogen (secondary N) is 1. The van der Waals surface area contributed by atoms with Crippen LogP contribution in [0.25, 0.3) is 0 Å². The molecule has 0 radical (unpaired) electrons. The van der Waals surface area contributed by atoms with E-state index in [0.717, 1.165) is 18.2 Å².